The van der Waals surface area contributed by atoms with Gasteiger partial charge in [-0.05, 0) is 109 Å². The summed E-state index contributed by atoms with van der Waals surface area (Å²) in [7, 11) is -10.6. The van der Waals surface area contributed by atoms with Gasteiger partial charge in [0.15, 0.2) is 0 Å². The van der Waals surface area contributed by atoms with Crippen molar-refractivity contribution >= 4 is 95.9 Å². The van der Waals surface area contributed by atoms with Gasteiger partial charge in [0, 0.05) is 39.2 Å². The van der Waals surface area contributed by atoms with Crippen LogP contribution >= 0.6 is 0 Å². The molecule has 0 heterocycles. The van der Waals surface area contributed by atoms with E-state index in [1.165, 1.54) is 78.9 Å². The Morgan fingerprint density at radius 1 is 0.554 bits per heavy atom. The molecule has 0 fully saturated rings. The van der Waals surface area contributed by atoms with Gasteiger partial charge in [-0.2, -0.15) is 10.2 Å². The van der Waals surface area contributed by atoms with Gasteiger partial charge >= 0.3 is 88.7 Å². The summed E-state index contributed by atoms with van der Waals surface area (Å²) in [5.74, 6) is -4.58. The summed E-state index contributed by atoms with van der Waals surface area (Å²) in [6, 6.07) is 25.7. The Balaban J connectivity index is 0.00000308. The maximum absolute atomic E-state index is 13.5. The van der Waals surface area contributed by atoms with E-state index in [4.69, 9.17) is 0 Å². The average Bonchev–Trinajstić information content (AvgIpc) is 3.22. The fraction of sp³-hybridized carbons (Fsp3) is 0.0238. The van der Waals surface area contributed by atoms with Crippen LogP contribution in [-0.4, -0.2) is 66.7 Å². The first kappa shape index (κ1) is 52.7. The van der Waals surface area contributed by atoms with Gasteiger partial charge in [0.25, 0.3) is 11.8 Å². The minimum atomic E-state index is -5.31. The van der Waals surface area contributed by atoms with Crippen molar-refractivity contribution in [2.24, 2.45) is 10.2 Å². The summed E-state index contributed by atoms with van der Waals surface area (Å²) in [5.41, 5.74) is 4.21. The third-order valence-electron chi connectivity index (χ3n) is 9.36. The molecule has 0 unspecified atom stereocenters. The van der Waals surface area contributed by atoms with Crippen LogP contribution in [0, 0.1) is 6.92 Å². The van der Waals surface area contributed by atoms with Crippen LogP contribution in [0.2, 0.25) is 0 Å². The van der Waals surface area contributed by atoms with Crippen LogP contribution < -0.4 is 115 Å². The van der Waals surface area contributed by atoms with Crippen molar-refractivity contribution in [3.05, 3.63) is 164 Å². The minimum Gasteiger partial charge on any atom is -0.744 e. The van der Waals surface area contributed by atoms with E-state index in [-0.39, 0.29) is 145 Å². The van der Waals surface area contributed by atoms with E-state index in [0.717, 1.165) is 12.2 Å². The fourth-order valence-corrected chi connectivity index (χ4v) is 7.63. The van der Waals surface area contributed by atoms with Crippen molar-refractivity contribution < 1.29 is 144 Å². The van der Waals surface area contributed by atoms with Gasteiger partial charge in [-0.25, -0.2) is 16.8 Å². The number of Topliss-reactive ketones (excluding diaryl/α,β-unsaturated/α-hetero) is 2. The number of fused-ring (bicyclic) bond motifs is 2. The molecule has 2 amide bonds. The Labute approximate surface area is 437 Å². The van der Waals surface area contributed by atoms with Gasteiger partial charge in [0.05, 0.1) is 27.2 Å². The van der Waals surface area contributed by atoms with Crippen molar-refractivity contribution in [2.45, 2.75) is 6.92 Å². The van der Waals surface area contributed by atoms with Crippen LogP contribution in [-0.2, 0) is 20.2 Å². The van der Waals surface area contributed by atoms with Gasteiger partial charge < -0.3 is 29.6 Å². The standard InChI is InChI=1S/C42H30N6O12S2.3Na/c1-22-17-24(41(52)44-28-13-15-30-26(19-28)21-35(62(58,59)60)37(39(30)50)48-46-33-10-6-5-9-31(33)42(53)54)11-16-32(22)45-47-36-34(61(55,56)57)20-25-18-27(12-14-29(25)38(36)49)43-40(51)23-7-3-2-4-8-23;;;/h2-21,45-46H,1H3,(H,43,51)(H,44,52)(H,53,54)(H,55,56,57)(H,58,59,60);;;/q;3*+1/p-3. The first-order valence-corrected chi connectivity index (χ1v) is 20.7. The first-order valence-electron chi connectivity index (χ1n) is 17.9. The molecule has 2 aliphatic rings. The molecule has 0 aliphatic heterocycles. The molecule has 65 heavy (non-hydrogen) atoms. The molecule has 0 radical (unpaired) electrons. The number of hydrazone groups is 2. The molecule has 23 heteroatoms. The molecular formula is C42H27N6Na3O12S2. The van der Waals surface area contributed by atoms with Gasteiger partial charge in [0.2, 0.25) is 11.6 Å². The maximum Gasteiger partial charge on any atom is 1.00 e. The minimum absolute atomic E-state index is 0. The number of ketones is 2. The van der Waals surface area contributed by atoms with E-state index in [1.54, 1.807) is 37.3 Å². The van der Waals surface area contributed by atoms with Crippen LogP contribution in [0.3, 0.4) is 0 Å². The number of para-hydroxylation sites is 1. The van der Waals surface area contributed by atoms with Crippen LogP contribution in [0.5, 0.6) is 0 Å². The molecule has 2 aliphatic carbocycles. The number of anilines is 4. The summed E-state index contributed by atoms with van der Waals surface area (Å²) in [5, 5.41) is 24.5. The largest absolute Gasteiger partial charge is 1.00 e. The van der Waals surface area contributed by atoms with E-state index < -0.39 is 70.8 Å². The van der Waals surface area contributed by atoms with E-state index >= 15 is 0 Å². The molecule has 7 rings (SSSR count). The number of hydrogen-bond donors (Lipinski definition) is 4. The molecule has 5 aromatic rings. The normalized spacial score (nSPS) is 14.2. The van der Waals surface area contributed by atoms with Crippen LogP contribution in [0.4, 0.5) is 22.7 Å². The molecule has 18 nitrogen and oxygen atoms in total. The fourth-order valence-electron chi connectivity index (χ4n) is 6.34. The number of carbonyl (C=O) groups is 5. The molecule has 0 saturated carbocycles. The van der Waals surface area contributed by atoms with Crippen molar-refractivity contribution in [3.8, 4) is 0 Å². The van der Waals surface area contributed by atoms with Crippen molar-refractivity contribution in [2.75, 3.05) is 21.5 Å². The number of allylic oxidation sites excluding steroid dienone is 2. The Kier molecular flexibility index (Phi) is 17.5. The number of carboxylic acids is 1. The van der Waals surface area contributed by atoms with E-state index in [0.29, 0.717) is 11.1 Å². The molecule has 4 N–H and O–H groups in total. The number of benzene rings is 5. The van der Waals surface area contributed by atoms with Gasteiger partial charge in [0.1, 0.15) is 31.7 Å². The average molecular weight is 941 g/mol. The van der Waals surface area contributed by atoms with Gasteiger partial charge in [-0.1, -0.05) is 36.4 Å². The zero-order valence-electron chi connectivity index (χ0n) is 34.7. The van der Waals surface area contributed by atoms with E-state index in [2.05, 4.69) is 31.7 Å². The first-order chi connectivity index (χ1) is 29.4. The molecule has 0 bridgehead atoms. The summed E-state index contributed by atoms with van der Waals surface area (Å²) in [4.78, 5) is 62.4. The number of aryl methyl sites for hydroxylation is 1. The monoisotopic (exact) mass is 940 g/mol. The molecule has 0 spiro atoms. The summed E-state index contributed by atoms with van der Waals surface area (Å²) < 4.78 is 73.7. The zero-order valence-corrected chi connectivity index (χ0v) is 42.3. The number of aromatic carboxylic acids is 1. The second-order valence-electron chi connectivity index (χ2n) is 13.5. The Morgan fingerprint density at radius 3 is 1.49 bits per heavy atom. The number of rotatable bonds is 11. The third-order valence-corrected chi connectivity index (χ3v) is 11.1. The van der Waals surface area contributed by atoms with Crippen LogP contribution in [0.15, 0.2) is 129 Å². The maximum atomic E-state index is 13.5. The predicted octanol–water partition coefficient (Wildman–Crippen LogP) is -5.02. The van der Waals surface area contributed by atoms with Crippen LogP contribution in [0.1, 0.15) is 68.5 Å². The number of carboxylic acid groups (broad SMARTS) is 1. The molecule has 0 saturated heterocycles. The van der Waals surface area contributed by atoms with Crippen molar-refractivity contribution in [1.29, 1.82) is 0 Å². The van der Waals surface area contributed by atoms with Crippen molar-refractivity contribution in [3.63, 3.8) is 0 Å². The zero-order chi connectivity index (χ0) is 44.5. The summed E-state index contributed by atoms with van der Waals surface area (Å²) >= 11 is 0. The number of carbonyl (C=O) groups excluding carboxylic acids is 5. The molecule has 0 aromatic heterocycles. The second kappa shape index (κ2) is 21.6. The quantitative estimate of drug-likeness (QED) is 0.0548. The smallest absolute Gasteiger partial charge is 0.744 e. The topological polar surface area (TPSA) is 296 Å². The molecule has 0 atom stereocenters. The number of amides is 2. The molecular weight excluding hydrogens is 914 g/mol. The van der Waals surface area contributed by atoms with E-state index in [9.17, 15) is 55.0 Å². The Morgan fingerprint density at radius 2 is 1.02 bits per heavy atom. The second-order valence-corrected chi connectivity index (χ2v) is 16.2. The van der Waals surface area contributed by atoms with Gasteiger partial charge in [-0.3, -0.25) is 30.0 Å². The van der Waals surface area contributed by atoms with Gasteiger partial charge in [-0.15, -0.1) is 0 Å². The predicted molar refractivity (Wildman–Crippen MR) is 223 cm³/mol. The molecule has 5 aromatic carbocycles. The number of nitrogens with zero attached hydrogens (tertiary/aromatic N) is 2. The summed E-state index contributed by atoms with van der Waals surface area (Å²) in [6.45, 7) is 1.56. The summed E-state index contributed by atoms with van der Waals surface area (Å²) in [6.07, 6.45) is 1.88. The molecule has 312 valence electrons. The SMILES string of the molecule is Cc1cc(C(=O)Nc2ccc3c(c2)C=C(S(=O)(=O)[O-])C(=NNc2ccccc2C(=O)[O-])C3=O)ccc1NN=C1C(=O)c2ccc(NC(=O)c3ccccc3)cc2C=C1S(=O)(=O)[O-].[Na+].[Na+].[Na+]. The van der Waals surface area contributed by atoms with Crippen LogP contribution in [0.25, 0.3) is 12.2 Å². The Hall–Kier alpha value is -4.91. The number of hydrogen-bond acceptors (Lipinski definition) is 16. The third kappa shape index (κ3) is 11.9. The van der Waals surface area contributed by atoms with Crippen molar-refractivity contribution in [1.82, 2.24) is 0 Å². The van der Waals surface area contributed by atoms with E-state index in [1.807, 2.05) is 0 Å². The Bertz CT molecular complexity index is 3160. The number of nitrogens with one attached hydrogen (secondary N) is 4.